The van der Waals surface area contributed by atoms with Gasteiger partial charge in [0.1, 0.15) is 5.69 Å². The first-order valence-electron chi connectivity index (χ1n) is 8.03. The number of carbonyl (C=O) groups excluding carboxylic acids is 1. The molecule has 0 fully saturated rings. The van der Waals surface area contributed by atoms with Gasteiger partial charge in [0, 0.05) is 22.2 Å². The Hall–Kier alpha value is -2.66. The number of methoxy groups -OCH3 is 1. The van der Waals surface area contributed by atoms with E-state index in [1.807, 2.05) is 30.3 Å². The van der Waals surface area contributed by atoms with Crippen LogP contribution in [0, 0.1) is 0 Å². The van der Waals surface area contributed by atoms with Crippen molar-refractivity contribution in [3.63, 3.8) is 0 Å². The minimum Gasteiger partial charge on any atom is -0.464 e. The van der Waals surface area contributed by atoms with Crippen LogP contribution in [0.4, 0.5) is 0 Å². The van der Waals surface area contributed by atoms with Crippen LogP contribution in [-0.2, 0) is 4.74 Å². The van der Waals surface area contributed by atoms with Crippen molar-refractivity contribution in [2.75, 3.05) is 7.11 Å². The van der Waals surface area contributed by atoms with Crippen LogP contribution in [0.1, 0.15) is 34.9 Å². The molecule has 1 aromatic carbocycles. The number of rotatable bonds is 2. The van der Waals surface area contributed by atoms with Gasteiger partial charge < -0.3 is 14.8 Å². The first kappa shape index (κ1) is 14.9. The second kappa shape index (κ2) is 5.76. The van der Waals surface area contributed by atoms with Crippen molar-refractivity contribution < 1.29 is 14.6 Å². The lowest BCUT2D eigenvalue weighted by molar-refractivity contribution is 0.0594. The maximum atomic E-state index is 12.0. The number of nitrogens with zero attached hydrogens (tertiary/aromatic N) is 1. The average Bonchev–Trinajstić information content (AvgIpc) is 2.99. The summed E-state index contributed by atoms with van der Waals surface area (Å²) in [6.45, 7) is 0. The van der Waals surface area contributed by atoms with Crippen LogP contribution in [0.2, 0.25) is 0 Å². The summed E-state index contributed by atoms with van der Waals surface area (Å²) in [6.07, 6.45) is 4.85. The Balaban J connectivity index is 1.99. The lowest BCUT2D eigenvalue weighted by Gasteiger charge is -2.20. The van der Waals surface area contributed by atoms with Gasteiger partial charge in [-0.25, -0.2) is 9.78 Å². The predicted molar refractivity (Wildman–Crippen MR) is 92.1 cm³/mol. The highest BCUT2D eigenvalue weighted by Crippen LogP contribution is 2.35. The molecule has 0 saturated carbocycles. The minimum absolute atomic E-state index is 0.0635. The second-order valence-corrected chi connectivity index (χ2v) is 6.11. The molecule has 0 spiro atoms. The van der Waals surface area contributed by atoms with Crippen LogP contribution in [0.25, 0.3) is 21.8 Å². The number of allylic oxidation sites excluding steroid dienone is 1. The summed E-state index contributed by atoms with van der Waals surface area (Å²) in [5.74, 6) is -0.378. The van der Waals surface area contributed by atoms with E-state index in [4.69, 9.17) is 4.74 Å². The third-order valence-electron chi connectivity index (χ3n) is 4.61. The fourth-order valence-electron chi connectivity index (χ4n) is 3.38. The van der Waals surface area contributed by atoms with Crippen LogP contribution < -0.4 is 0 Å². The summed E-state index contributed by atoms with van der Waals surface area (Å²) in [5, 5.41) is 11.7. The van der Waals surface area contributed by atoms with E-state index in [0.717, 1.165) is 33.9 Å². The third kappa shape index (κ3) is 2.37. The molecule has 4 rings (SSSR count). The van der Waals surface area contributed by atoms with Crippen LogP contribution >= 0.6 is 0 Å². The predicted octanol–water partition coefficient (Wildman–Crippen LogP) is 3.30. The van der Waals surface area contributed by atoms with Gasteiger partial charge in [0.2, 0.25) is 0 Å². The van der Waals surface area contributed by atoms with Crippen molar-refractivity contribution in [3.8, 4) is 0 Å². The van der Waals surface area contributed by atoms with E-state index < -0.39 is 12.1 Å². The molecule has 0 aliphatic heterocycles. The van der Waals surface area contributed by atoms with E-state index in [9.17, 15) is 9.90 Å². The van der Waals surface area contributed by atoms with Gasteiger partial charge in [-0.3, -0.25) is 0 Å². The number of carbonyl (C=O) groups is 1. The molecule has 1 aliphatic rings. The van der Waals surface area contributed by atoms with Crippen molar-refractivity contribution >= 4 is 27.8 Å². The molecule has 122 valence electrons. The van der Waals surface area contributed by atoms with E-state index >= 15 is 0 Å². The smallest absolute Gasteiger partial charge is 0.356 e. The molecule has 2 aromatic heterocycles. The molecule has 2 unspecified atom stereocenters. The highest BCUT2D eigenvalue weighted by Gasteiger charge is 2.23. The molecule has 2 atom stereocenters. The van der Waals surface area contributed by atoms with Gasteiger partial charge in [-0.1, -0.05) is 30.4 Å². The number of ether oxygens (including phenoxy) is 1. The Morgan fingerprint density at radius 3 is 2.83 bits per heavy atom. The van der Waals surface area contributed by atoms with Gasteiger partial charge in [0.15, 0.2) is 0 Å². The van der Waals surface area contributed by atoms with Gasteiger partial charge >= 0.3 is 5.97 Å². The largest absolute Gasteiger partial charge is 0.464 e. The molecular formula is C19H18N2O3. The first-order chi connectivity index (χ1) is 11.7. The number of aromatic amines is 1. The van der Waals surface area contributed by atoms with E-state index in [-0.39, 0.29) is 5.92 Å². The Bertz CT molecular complexity index is 958. The van der Waals surface area contributed by atoms with Gasteiger partial charge in [0.25, 0.3) is 0 Å². The van der Waals surface area contributed by atoms with Crippen molar-refractivity contribution in [2.24, 2.45) is 0 Å². The molecule has 24 heavy (non-hydrogen) atoms. The Kier molecular flexibility index (Phi) is 3.58. The number of aliphatic hydroxyl groups excluding tert-OH is 1. The van der Waals surface area contributed by atoms with Crippen molar-refractivity contribution in [1.29, 1.82) is 0 Å². The number of H-pyrrole nitrogens is 1. The molecule has 0 bridgehead atoms. The third-order valence-corrected chi connectivity index (χ3v) is 4.61. The molecule has 0 saturated heterocycles. The number of para-hydroxylation sites is 1. The molecule has 2 N–H and O–H groups in total. The first-order valence-corrected chi connectivity index (χ1v) is 8.03. The Morgan fingerprint density at radius 1 is 1.25 bits per heavy atom. The number of nitrogens with one attached hydrogen (secondary N) is 1. The van der Waals surface area contributed by atoms with E-state index in [1.54, 1.807) is 12.1 Å². The molecule has 1 aliphatic carbocycles. The van der Waals surface area contributed by atoms with Crippen LogP contribution in [0.5, 0.6) is 0 Å². The highest BCUT2D eigenvalue weighted by molar-refractivity contribution is 6.09. The second-order valence-electron chi connectivity index (χ2n) is 6.11. The SMILES string of the molecule is COC(=O)c1cc2c([nH]c3ccccc32)c(C2C=CC(O)CC2)n1. The van der Waals surface area contributed by atoms with Crippen molar-refractivity contribution in [1.82, 2.24) is 9.97 Å². The topological polar surface area (TPSA) is 75.2 Å². The molecule has 2 heterocycles. The summed E-state index contributed by atoms with van der Waals surface area (Å²) in [7, 11) is 1.36. The lowest BCUT2D eigenvalue weighted by Crippen LogP contribution is -2.14. The summed E-state index contributed by atoms with van der Waals surface area (Å²) in [4.78, 5) is 20.1. The molecule has 0 amide bonds. The standard InChI is InChI=1S/C19H18N2O3/c1-24-19(23)16-10-14-13-4-2-3-5-15(13)20-18(14)17(21-16)11-6-8-12(22)9-7-11/h2-6,8,10-12,20,22H,7,9H2,1H3. The van der Waals surface area contributed by atoms with Crippen LogP contribution in [0.3, 0.4) is 0 Å². The average molecular weight is 322 g/mol. The zero-order chi connectivity index (χ0) is 16.7. The monoisotopic (exact) mass is 322 g/mol. The number of aliphatic hydroxyl groups is 1. The van der Waals surface area contributed by atoms with Gasteiger partial charge in [-0.05, 0) is 25.0 Å². The molecule has 5 heteroatoms. The zero-order valence-electron chi connectivity index (χ0n) is 13.3. The van der Waals surface area contributed by atoms with Gasteiger partial charge in [-0.2, -0.15) is 0 Å². The molecule has 0 radical (unpaired) electrons. The number of hydrogen-bond donors (Lipinski definition) is 2. The maximum absolute atomic E-state index is 12.0. The summed E-state index contributed by atoms with van der Waals surface area (Å²) in [6, 6.07) is 9.77. The fourth-order valence-corrected chi connectivity index (χ4v) is 3.38. The number of hydrogen-bond acceptors (Lipinski definition) is 4. The summed E-state index contributed by atoms with van der Waals surface area (Å²) >= 11 is 0. The number of benzene rings is 1. The Morgan fingerprint density at radius 2 is 2.08 bits per heavy atom. The van der Waals surface area contributed by atoms with Crippen molar-refractivity contribution in [2.45, 2.75) is 24.9 Å². The minimum atomic E-state index is -0.441. The van der Waals surface area contributed by atoms with Crippen molar-refractivity contribution in [3.05, 3.63) is 53.9 Å². The molecule has 3 aromatic rings. The summed E-state index contributed by atoms with van der Waals surface area (Å²) < 4.78 is 4.86. The quantitative estimate of drug-likeness (QED) is 0.561. The van der Waals surface area contributed by atoms with Crippen LogP contribution in [0.15, 0.2) is 42.5 Å². The van der Waals surface area contributed by atoms with Gasteiger partial charge in [0.05, 0.1) is 24.4 Å². The maximum Gasteiger partial charge on any atom is 0.356 e. The lowest BCUT2D eigenvalue weighted by atomic mass is 9.90. The number of esters is 1. The van der Waals surface area contributed by atoms with E-state index in [2.05, 4.69) is 9.97 Å². The number of aromatic nitrogens is 2. The zero-order valence-corrected chi connectivity index (χ0v) is 13.3. The molecular weight excluding hydrogens is 304 g/mol. The number of pyridine rings is 1. The normalized spacial score (nSPS) is 20.6. The van der Waals surface area contributed by atoms with E-state index in [1.165, 1.54) is 7.11 Å². The van der Waals surface area contributed by atoms with Crippen LogP contribution in [-0.4, -0.2) is 34.3 Å². The fraction of sp³-hybridized carbons (Fsp3) is 0.263. The van der Waals surface area contributed by atoms with Gasteiger partial charge in [-0.15, -0.1) is 0 Å². The highest BCUT2D eigenvalue weighted by atomic mass is 16.5. The summed E-state index contributed by atoms with van der Waals surface area (Å²) in [5.41, 5.74) is 3.09. The molecule has 5 nitrogen and oxygen atoms in total. The Labute approximate surface area is 139 Å². The van der Waals surface area contributed by atoms with E-state index in [0.29, 0.717) is 12.1 Å². The number of fused-ring (bicyclic) bond motifs is 3.